The van der Waals surface area contributed by atoms with Gasteiger partial charge in [-0.05, 0) is 73.5 Å². The van der Waals surface area contributed by atoms with Gasteiger partial charge in [-0.1, -0.05) is 54.1 Å². The second kappa shape index (κ2) is 13.1. The molecule has 214 valence electrons. The number of aryl methyl sites for hydroxylation is 3. The number of hydrazone groups is 1. The Kier molecular flexibility index (Phi) is 9.31. The van der Waals surface area contributed by atoms with Crippen LogP contribution in [0.2, 0.25) is 0 Å². The van der Waals surface area contributed by atoms with Crippen LogP contribution in [0, 0.1) is 13.8 Å². The van der Waals surface area contributed by atoms with Crippen LogP contribution < -0.4 is 15.7 Å². The predicted octanol–water partition coefficient (Wildman–Crippen LogP) is 4.49. The molecule has 0 atom stereocenters. The van der Waals surface area contributed by atoms with E-state index in [2.05, 4.69) is 70.0 Å². The van der Waals surface area contributed by atoms with Gasteiger partial charge in [0.05, 0.1) is 18.2 Å². The highest BCUT2D eigenvalue weighted by molar-refractivity contribution is 7.85. The maximum atomic E-state index is 12.1. The van der Waals surface area contributed by atoms with Crippen LogP contribution in [0.3, 0.4) is 0 Å². The van der Waals surface area contributed by atoms with Crippen molar-refractivity contribution in [2.75, 3.05) is 5.73 Å². The lowest BCUT2D eigenvalue weighted by Gasteiger charge is -2.05. The summed E-state index contributed by atoms with van der Waals surface area (Å²) in [6, 6.07) is 26.7. The van der Waals surface area contributed by atoms with Crippen molar-refractivity contribution in [3.63, 3.8) is 0 Å². The molecule has 0 aliphatic rings. The average molecular weight is 582 g/mol. The minimum Gasteiger partial charge on any atom is -0.744 e. The lowest BCUT2D eigenvalue weighted by Crippen LogP contribution is -2.29. The van der Waals surface area contributed by atoms with Crippen molar-refractivity contribution in [3.05, 3.63) is 131 Å². The van der Waals surface area contributed by atoms with Crippen molar-refractivity contribution in [1.82, 2.24) is 9.83 Å². The molecule has 0 fully saturated rings. The van der Waals surface area contributed by atoms with Crippen LogP contribution in [0.15, 0.2) is 107 Å². The molecule has 9 nitrogen and oxygen atoms in total. The van der Waals surface area contributed by atoms with Gasteiger partial charge in [0.1, 0.15) is 22.0 Å². The first-order valence-electron chi connectivity index (χ1n) is 13.0. The molecule has 0 aliphatic carbocycles. The normalized spacial score (nSPS) is 11.5. The molecular formula is C32H31N5O4S. The number of nitrogens with zero attached hydrogens (tertiary/aromatic N) is 3. The van der Waals surface area contributed by atoms with Gasteiger partial charge in [0.2, 0.25) is 0 Å². The number of rotatable bonds is 6. The summed E-state index contributed by atoms with van der Waals surface area (Å²) in [5.41, 5.74) is 15.6. The highest BCUT2D eigenvalue weighted by Crippen LogP contribution is 2.11. The zero-order chi connectivity index (χ0) is 30.3. The summed E-state index contributed by atoms with van der Waals surface area (Å²) in [7, 11) is -2.21. The molecule has 0 aliphatic heterocycles. The number of pyridine rings is 1. The Labute approximate surface area is 245 Å². The van der Waals surface area contributed by atoms with Crippen LogP contribution in [0.25, 0.3) is 17.8 Å². The smallest absolute Gasteiger partial charge is 0.286 e. The molecule has 2 aromatic heterocycles. The maximum absolute atomic E-state index is 12.1. The number of aromatic nitrogens is 2. The quantitative estimate of drug-likeness (QED) is 0.100. The van der Waals surface area contributed by atoms with Gasteiger partial charge in [0.25, 0.3) is 11.6 Å². The Morgan fingerprint density at radius 2 is 1.55 bits per heavy atom. The largest absolute Gasteiger partial charge is 0.744 e. The number of carbonyl (C=O) groups is 1. The van der Waals surface area contributed by atoms with Crippen LogP contribution >= 0.6 is 0 Å². The third-order valence-corrected chi connectivity index (χ3v) is 7.30. The molecule has 0 unspecified atom stereocenters. The van der Waals surface area contributed by atoms with E-state index >= 15 is 0 Å². The summed E-state index contributed by atoms with van der Waals surface area (Å²) in [5, 5.41) is 4.03. The number of nitrogens with two attached hydrogens (primary N) is 1. The molecule has 3 N–H and O–H groups in total. The van der Waals surface area contributed by atoms with E-state index in [0.29, 0.717) is 11.3 Å². The number of fused-ring (bicyclic) bond motifs is 1. The zero-order valence-electron chi connectivity index (χ0n) is 23.4. The maximum Gasteiger partial charge on any atom is 0.286 e. The van der Waals surface area contributed by atoms with Crippen LogP contribution in [0.4, 0.5) is 5.69 Å². The molecule has 10 heteroatoms. The third kappa shape index (κ3) is 7.78. The van der Waals surface area contributed by atoms with Crippen LogP contribution in [0.1, 0.15) is 38.4 Å². The van der Waals surface area contributed by atoms with Gasteiger partial charge in [0, 0.05) is 17.3 Å². The minimum atomic E-state index is -4.27. The first-order chi connectivity index (χ1) is 20.0. The number of hydrogen-bond donors (Lipinski definition) is 2. The topological polar surface area (TPSA) is 133 Å². The monoisotopic (exact) mass is 581 g/mol. The predicted molar refractivity (Wildman–Crippen MR) is 164 cm³/mol. The highest BCUT2D eigenvalue weighted by atomic mass is 32.2. The lowest BCUT2D eigenvalue weighted by molar-refractivity contribution is -0.646. The Morgan fingerprint density at radius 1 is 0.905 bits per heavy atom. The number of carbonyl (C=O) groups excluding carboxylic acids is 1. The van der Waals surface area contributed by atoms with Crippen molar-refractivity contribution < 1.29 is 22.3 Å². The van der Waals surface area contributed by atoms with Crippen molar-refractivity contribution in [2.24, 2.45) is 12.1 Å². The minimum absolute atomic E-state index is 0.178. The molecule has 0 saturated heterocycles. The van der Waals surface area contributed by atoms with Gasteiger partial charge in [-0.15, -0.1) is 0 Å². The van der Waals surface area contributed by atoms with Crippen molar-refractivity contribution in [2.45, 2.75) is 18.7 Å². The average Bonchev–Trinajstić information content (AvgIpc) is 3.29. The third-order valence-electron chi connectivity index (χ3n) is 6.45. The summed E-state index contributed by atoms with van der Waals surface area (Å²) >= 11 is 0. The molecule has 1 amide bonds. The molecule has 2 heterocycles. The number of hydrogen-bond acceptors (Lipinski definition) is 6. The second-order valence-electron chi connectivity index (χ2n) is 9.60. The van der Waals surface area contributed by atoms with E-state index in [4.69, 9.17) is 5.73 Å². The molecule has 3 aromatic carbocycles. The van der Waals surface area contributed by atoms with Gasteiger partial charge < -0.3 is 10.3 Å². The van der Waals surface area contributed by atoms with Crippen LogP contribution in [-0.4, -0.2) is 29.5 Å². The fourth-order valence-electron chi connectivity index (χ4n) is 4.01. The summed E-state index contributed by atoms with van der Waals surface area (Å²) in [6.07, 6.45) is 7.92. The lowest BCUT2D eigenvalue weighted by atomic mass is 10.1. The first kappa shape index (κ1) is 29.9. The molecule has 0 spiro atoms. The molecule has 42 heavy (non-hydrogen) atoms. The SMILES string of the molecule is Cc1ccc(S(=O)(=O)[O-])cc1.Cc1cccc2n1cc(/C=C/c1ccc(/C=N/NC(=O)c3ccc(N)cc3)cc1)[n+]2C. The van der Waals surface area contributed by atoms with Crippen molar-refractivity contribution >= 4 is 45.7 Å². The molecule has 0 saturated carbocycles. The number of amides is 1. The fraction of sp³-hybridized carbons (Fsp3) is 0.0938. The number of imidazole rings is 1. The number of anilines is 1. The summed E-state index contributed by atoms with van der Waals surface area (Å²) < 4.78 is 35.5. The van der Waals surface area contributed by atoms with Crippen molar-refractivity contribution in [1.29, 1.82) is 0 Å². The summed E-state index contributed by atoms with van der Waals surface area (Å²) in [6.45, 7) is 3.92. The number of nitrogen functional groups attached to an aromatic ring is 1. The van der Waals surface area contributed by atoms with Crippen molar-refractivity contribution in [3.8, 4) is 0 Å². The molecule has 5 rings (SSSR count). The van der Waals surface area contributed by atoms with Gasteiger partial charge in [0.15, 0.2) is 5.69 Å². The second-order valence-corrected chi connectivity index (χ2v) is 11.0. The Morgan fingerprint density at radius 3 is 2.17 bits per heavy atom. The standard InChI is InChI=1S/C25H23N5O.C7H8O3S/c1-18-4-3-5-24-29(2)23(17-30(18)24)15-10-19-6-8-20(9-7-19)16-27-28-25(31)21-11-13-22(26)14-12-21;1-6-2-4-7(5-3-6)11(8,9)10/h3-17H,1-2H3,(H2-,26,28,31);2-5H,1H3,(H,8,9,10)/b15-10+,27-16+;. The summed E-state index contributed by atoms with van der Waals surface area (Å²) in [5.74, 6) is -0.279. The van der Waals surface area contributed by atoms with E-state index in [1.807, 2.05) is 31.2 Å². The van der Waals surface area contributed by atoms with E-state index in [1.54, 1.807) is 42.6 Å². The number of benzene rings is 3. The van der Waals surface area contributed by atoms with Crippen LogP contribution in [-0.2, 0) is 17.2 Å². The van der Waals surface area contributed by atoms with Gasteiger partial charge >= 0.3 is 0 Å². The van der Waals surface area contributed by atoms with E-state index in [0.717, 1.165) is 28.0 Å². The van der Waals surface area contributed by atoms with E-state index in [-0.39, 0.29) is 10.8 Å². The fourth-order valence-corrected chi connectivity index (χ4v) is 4.48. The first-order valence-corrected chi connectivity index (χ1v) is 14.4. The van der Waals surface area contributed by atoms with E-state index in [1.165, 1.54) is 17.8 Å². The van der Waals surface area contributed by atoms with Gasteiger partial charge in [-0.2, -0.15) is 9.50 Å². The Bertz CT molecular complexity index is 1860. The summed E-state index contributed by atoms with van der Waals surface area (Å²) in [4.78, 5) is 11.9. The molecule has 5 aromatic rings. The van der Waals surface area contributed by atoms with E-state index in [9.17, 15) is 17.8 Å². The molecule has 0 radical (unpaired) electrons. The van der Waals surface area contributed by atoms with Crippen LogP contribution in [0.5, 0.6) is 0 Å². The van der Waals surface area contributed by atoms with Gasteiger partial charge in [-0.3, -0.25) is 4.79 Å². The van der Waals surface area contributed by atoms with Gasteiger partial charge in [-0.25, -0.2) is 18.4 Å². The highest BCUT2D eigenvalue weighted by Gasteiger charge is 2.12. The van der Waals surface area contributed by atoms with E-state index < -0.39 is 10.1 Å². The Hall–Kier alpha value is -5.06. The number of nitrogens with one attached hydrogen (secondary N) is 1. The molecule has 0 bridgehead atoms. The molecular weight excluding hydrogens is 550 g/mol. The Balaban J connectivity index is 0.000000310. The zero-order valence-corrected chi connectivity index (χ0v) is 24.2.